The van der Waals surface area contributed by atoms with Crippen LogP contribution in [0.15, 0.2) is 24.3 Å². The Balaban J connectivity index is 1.96. The van der Waals surface area contributed by atoms with Gasteiger partial charge in [-0.05, 0) is 19.9 Å². The van der Waals surface area contributed by atoms with Crippen LogP contribution in [0.4, 0.5) is 10.5 Å². The van der Waals surface area contributed by atoms with Crippen LogP contribution in [0.1, 0.15) is 13.8 Å². The number of nitrogens with one attached hydrogen (secondary N) is 1. The molecule has 1 aliphatic rings. The van der Waals surface area contributed by atoms with E-state index in [9.17, 15) is 24.8 Å². The fraction of sp³-hybridized carbons (Fsp3) is 0.429. The summed E-state index contributed by atoms with van der Waals surface area (Å²) in [6.45, 7) is 2.57. The zero-order chi connectivity index (χ0) is 17.2. The molecule has 1 heterocycles. The number of carbonyl (C=O) groups is 2. The Bertz CT molecular complexity index is 645. The van der Waals surface area contributed by atoms with E-state index in [1.54, 1.807) is 19.9 Å². The third-order valence-corrected chi connectivity index (χ3v) is 3.33. The summed E-state index contributed by atoms with van der Waals surface area (Å²) in [6.07, 6.45) is -1.17. The van der Waals surface area contributed by atoms with Gasteiger partial charge in [-0.15, -0.1) is 0 Å². The highest BCUT2D eigenvalue weighted by Crippen LogP contribution is 2.26. The fourth-order valence-corrected chi connectivity index (χ4v) is 2.16. The molecule has 1 atom stereocenters. The Labute approximate surface area is 132 Å². The quantitative estimate of drug-likeness (QED) is 0.450. The Morgan fingerprint density at radius 1 is 1.39 bits per heavy atom. The molecule has 0 aromatic heterocycles. The van der Waals surface area contributed by atoms with E-state index in [-0.39, 0.29) is 24.6 Å². The van der Waals surface area contributed by atoms with Crippen LogP contribution < -0.4 is 10.1 Å². The molecule has 0 spiro atoms. The van der Waals surface area contributed by atoms with Gasteiger partial charge in [-0.25, -0.2) is 4.79 Å². The lowest BCUT2D eigenvalue weighted by Crippen LogP contribution is -2.42. The second-order valence-electron chi connectivity index (χ2n) is 5.66. The minimum atomic E-state index is -1.17. The van der Waals surface area contributed by atoms with Gasteiger partial charge in [0.1, 0.15) is 18.2 Å². The zero-order valence-corrected chi connectivity index (χ0v) is 12.7. The molecule has 1 fully saturated rings. The number of β-amino-alcohol motifs (C(OH)–C–C–N with tert-alkyl or cyclic N) is 1. The molecule has 0 saturated carbocycles. The number of ether oxygens (including phenoxy) is 1. The summed E-state index contributed by atoms with van der Waals surface area (Å²) in [4.78, 5) is 34.9. The predicted octanol–water partition coefficient (Wildman–Crippen LogP) is 0.665. The lowest BCUT2D eigenvalue weighted by Gasteiger charge is -2.19. The number of hydrogen-bond acceptors (Lipinski definition) is 6. The van der Waals surface area contributed by atoms with E-state index >= 15 is 0 Å². The molecule has 2 N–H and O–H groups in total. The predicted molar refractivity (Wildman–Crippen MR) is 78.9 cm³/mol. The molecule has 1 aromatic carbocycles. The Morgan fingerprint density at radius 2 is 2.04 bits per heavy atom. The number of nitro groups is 1. The van der Waals surface area contributed by atoms with Gasteiger partial charge in [0.05, 0.1) is 11.5 Å². The van der Waals surface area contributed by atoms with Crippen molar-refractivity contribution in [1.29, 1.82) is 0 Å². The van der Waals surface area contributed by atoms with Gasteiger partial charge in [-0.2, -0.15) is 0 Å². The number of benzene rings is 1. The molecule has 23 heavy (non-hydrogen) atoms. The number of rotatable bonds is 6. The van der Waals surface area contributed by atoms with E-state index in [4.69, 9.17) is 4.74 Å². The van der Waals surface area contributed by atoms with Crippen molar-refractivity contribution >= 4 is 17.6 Å². The van der Waals surface area contributed by atoms with Gasteiger partial charge in [0.25, 0.3) is 5.91 Å². The first-order valence-electron chi connectivity index (χ1n) is 6.91. The van der Waals surface area contributed by atoms with Crippen molar-refractivity contribution in [3.63, 3.8) is 0 Å². The Morgan fingerprint density at radius 3 is 2.61 bits per heavy atom. The summed E-state index contributed by atoms with van der Waals surface area (Å²) in [5.41, 5.74) is -1.24. The maximum absolute atomic E-state index is 12.0. The van der Waals surface area contributed by atoms with E-state index in [0.717, 1.165) is 4.90 Å². The van der Waals surface area contributed by atoms with Gasteiger partial charge in [0, 0.05) is 6.07 Å². The monoisotopic (exact) mass is 323 g/mol. The molecule has 2 rings (SSSR count). The minimum absolute atomic E-state index is 0.00841. The number of aliphatic hydroxyl groups is 1. The smallest absolute Gasteiger partial charge is 0.325 e. The molecule has 0 bridgehead atoms. The molecule has 9 heteroatoms. The largest absolute Gasteiger partial charge is 0.484 e. The first kappa shape index (κ1) is 16.7. The van der Waals surface area contributed by atoms with Crippen LogP contribution in [0.25, 0.3) is 0 Å². The molecule has 1 aliphatic heterocycles. The number of para-hydroxylation sites is 2. The topological polar surface area (TPSA) is 122 Å². The standard InChI is InChI=1S/C14H17N3O6/c1-14(2)12(19)16(13(20)15-14)7-9(18)8-23-11-6-4-3-5-10(11)17(21)22/h3-6,9,18H,7-8H2,1-2H3,(H,15,20)/t9-/m1/s1. The molecule has 124 valence electrons. The highest BCUT2D eigenvalue weighted by Gasteiger charge is 2.44. The van der Waals surface area contributed by atoms with Gasteiger partial charge >= 0.3 is 11.7 Å². The number of amides is 3. The summed E-state index contributed by atoms with van der Waals surface area (Å²) >= 11 is 0. The first-order chi connectivity index (χ1) is 10.7. The third-order valence-electron chi connectivity index (χ3n) is 3.33. The SMILES string of the molecule is CC1(C)NC(=O)N(C[C@@H](O)COc2ccccc2[N+](=O)[O-])C1=O. The van der Waals surface area contributed by atoms with E-state index in [1.165, 1.54) is 18.2 Å². The number of hydrogen-bond donors (Lipinski definition) is 2. The Hall–Kier alpha value is -2.68. The van der Waals surface area contributed by atoms with Gasteiger partial charge in [-0.3, -0.25) is 19.8 Å². The fourth-order valence-electron chi connectivity index (χ4n) is 2.16. The van der Waals surface area contributed by atoms with Gasteiger partial charge < -0.3 is 15.2 Å². The average molecular weight is 323 g/mol. The van der Waals surface area contributed by atoms with Gasteiger partial charge in [-0.1, -0.05) is 12.1 Å². The zero-order valence-electron chi connectivity index (χ0n) is 12.7. The van der Waals surface area contributed by atoms with E-state index in [2.05, 4.69) is 5.32 Å². The second-order valence-corrected chi connectivity index (χ2v) is 5.66. The molecule has 1 aromatic rings. The van der Waals surface area contributed by atoms with Crippen molar-refractivity contribution in [3.05, 3.63) is 34.4 Å². The second kappa shape index (κ2) is 6.21. The van der Waals surface area contributed by atoms with Crippen LogP contribution in [0.2, 0.25) is 0 Å². The highest BCUT2D eigenvalue weighted by atomic mass is 16.6. The lowest BCUT2D eigenvalue weighted by atomic mass is 10.1. The average Bonchev–Trinajstić information content (AvgIpc) is 2.67. The minimum Gasteiger partial charge on any atom is -0.484 e. The molecule has 0 radical (unpaired) electrons. The van der Waals surface area contributed by atoms with Crippen LogP contribution in [-0.2, 0) is 4.79 Å². The number of carbonyl (C=O) groups excluding carboxylic acids is 2. The molecular formula is C14H17N3O6. The van der Waals surface area contributed by atoms with Crippen molar-refractivity contribution in [3.8, 4) is 5.75 Å². The molecule has 9 nitrogen and oxygen atoms in total. The number of nitro benzene ring substituents is 1. The maximum atomic E-state index is 12.0. The van der Waals surface area contributed by atoms with Crippen LogP contribution >= 0.6 is 0 Å². The molecule has 0 unspecified atom stereocenters. The van der Waals surface area contributed by atoms with E-state index in [1.807, 2.05) is 0 Å². The van der Waals surface area contributed by atoms with Gasteiger partial charge in [0.15, 0.2) is 5.75 Å². The maximum Gasteiger partial charge on any atom is 0.325 e. The summed E-state index contributed by atoms with van der Waals surface area (Å²) in [5, 5.41) is 23.3. The lowest BCUT2D eigenvalue weighted by molar-refractivity contribution is -0.385. The van der Waals surface area contributed by atoms with Crippen LogP contribution in [-0.4, -0.2) is 51.7 Å². The number of urea groups is 1. The van der Waals surface area contributed by atoms with Crippen molar-refractivity contribution in [1.82, 2.24) is 10.2 Å². The Kier molecular flexibility index (Phi) is 4.50. The van der Waals surface area contributed by atoms with Crippen molar-refractivity contribution < 1.29 is 24.4 Å². The van der Waals surface area contributed by atoms with Crippen molar-refractivity contribution in [2.75, 3.05) is 13.2 Å². The van der Waals surface area contributed by atoms with E-state index < -0.39 is 28.5 Å². The van der Waals surface area contributed by atoms with Gasteiger partial charge in [0.2, 0.25) is 0 Å². The van der Waals surface area contributed by atoms with Crippen molar-refractivity contribution in [2.24, 2.45) is 0 Å². The molecule has 3 amide bonds. The molecular weight excluding hydrogens is 306 g/mol. The third kappa shape index (κ3) is 3.57. The molecule has 0 aliphatic carbocycles. The number of imide groups is 1. The summed E-state index contributed by atoms with van der Waals surface area (Å²) < 4.78 is 5.23. The summed E-state index contributed by atoms with van der Waals surface area (Å²) in [7, 11) is 0. The van der Waals surface area contributed by atoms with Crippen molar-refractivity contribution in [2.45, 2.75) is 25.5 Å². The normalized spacial score (nSPS) is 17.8. The van der Waals surface area contributed by atoms with Crippen LogP contribution in [0.3, 0.4) is 0 Å². The van der Waals surface area contributed by atoms with E-state index in [0.29, 0.717) is 0 Å². The van der Waals surface area contributed by atoms with Crippen LogP contribution in [0, 0.1) is 10.1 Å². The first-order valence-corrected chi connectivity index (χ1v) is 6.91. The van der Waals surface area contributed by atoms with Crippen LogP contribution in [0.5, 0.6) is 5.75 Å². The summed E-state index contributed by atoms with van der Waals surface area (Å²) in [6, 6.07) is 5.15. The highest BCUT2D eigenvalue weighted by molar-refractivity contribution is 6.06. The summed E-state index contributed by atoms with van der Waals surface area (Å²) in [5.74, 6) is -0.443. The number of aliphatic hydroxyl groups excluding tert-OH is 1. The molecule has 1 saturated heterocycles. The number of nitrogens with zero attached hydrogens (tertiary/aromatic N) is 2.